The SMILES string of the molecule is COC1C=C2CCCC3C(=O)C(C)(C)CC23O1. The maximum atomic E-state index is 12.4. The van der Waals surface area contributed by atoms with E-state index in [1.807, 2.05) is 13.8 Å². The number of hydrogen-bond donors (Lipinski definition) is 0. The standard InChI is InChI=1S/C14H20O3/c1-13(2)8-14-9(7-11(16-3)17-14)5-4-6-10(14)12(13)15/h7,10-11H,4-6,8H2,1-3H3. The molecule has 2 saturated carbocycles. The van der Waals surface area contributed by atoms with Crippen LogP contribution in [0.4, 0.5) is 0 Å². The first-order valence-electron chi connectivity index (χ1n) is 6.46. The molecule has 3 nitrogen and oxygen atoms in total. The van der Waals surface area contributed by atoms with Gasteiger partial charge in [-0.1, -0.05) is 13.8 Å². The van der Waals surface area contributed by atoms with E-state index in [1.165, 1.54) is 5.57 Å². The first kappa shape index (κ1) is 11.4. The fourth-order valence-corrected chi connectivity index (χ4v) is 3.91. The highest BCUT2D eigenvalue weighted by Gasteiger charge is 2.62. The molecular weight excluding hydrogens is 216 g/mol. The van der Waals surface area contributed by atoms with Gasteiger partial charge in [0.05, 0.1) is 5.92 Å². The summed E-state index contributed by atoms with van der Waals surface area (Å²) in [5.41, 5.74) is 0.718. The fourth-order valence-electron chi connectivity index (χ4n) is 3.91. The van der Waals surface area contributed by atoms with Gasteiger partial charge in [0.15, 0.2) is 6.29 Å². The number of rotatable bonds is 1. The molecule has 0 aromatic rings. The summed E-state index contributed by atoms with van der Waals surface area (Å²) in [6.07, 6.45) is 5.76. The smallest absolute Gasteiger partial charge is 0.178 e. The summed E-state index contributed by atoms with van der Waals surface area (Å²) in [6, 6.07) is 0. The molecule has 2 fully saturated rings. The molecule has 0 N–H and O–H groups in total. The average Bonchev–Trinajstić information content (AvgIpc) is 2.72. The Morgan fingerprint density at radius 2 is 2.24 bits per heavy atom. The second kappa shape index (κ2) is 3.42. The van der Waals surface area contributed by atoms with Crippen molar-refractivity contribution in [2.45, 2.75) is 51.4 Å². The number of carbonyl (C=O) groups is 1. The van der Waals surface area contributed by atoms with E-state index in [2.05, 4.69) is 6.08 Å². The molecule has 3 unspecified atom stereocenters. The molecule has 1 heterocycles. The molecular formula is C14H20O3. The van der Waals surface area contributed by atoms with Gasteiger partial charge in [0.2, 0.25) is 0 Å². The molecule has 94 valence electrons. The van der Waals surface area contributed by atoms with E-state index >= 15 is 0 Å². The number of ketones is 1. The molecule has 0 bridgehead atoms. The second-order valence-corrected chi connectivity index (χ2v) is 6.17. The zero-order chi connectivity index (χ0) is 12.3. The summed E-state index contributed by atoms with van der Waals surface area (Å²) < 4.78 is 11.4. The van der Waals surface area contributed by atoms with Crippen LogP contribution in [-0.4, -0.2) is 24.8 Å². The van der Waals surface area contributed by atoms with Crippen LogP contribution in [0.3, 0.4) is 0 Å². The Kier molecular flexibility index (Phi) is 2.30. The molecule has 0 aromatic heterocycles. The van der Waals surface area contributed by atoms with E-state index in [1.54, 1.807) is 7.11 Å². The maximum absolute atomic E-state index is 12.4. The predicted molar refractivity (Wildman–Crippen MR) is 63.4 cm³/mol. The van der Waals surface area contributed by atoms with Crippen LogP contribution in [0, 0.1) is 11.3 Å². The molecule has 0 amide bonds. The minimum absolute atomic E-state index is 0.0534. The molecule has 3 atom stereocenters. The normalized spacial score (nSPS) is 43.2. The van der Waals surface area contributed by atoms with Crippen LogP contribution in [-0.2, 0) is 14.3 Å². The van der Waals surface area contributed by atoms with E-state index in [4.69, 9.17) is 9.47 Å². The lowest BCUT2D eigenvalue weighted by molar-refractivity contribution is -0.163. The first-order valence-corrected chi connectivity index (χ1v) is 6.46. The summed E-state index contributed by atoms with van der Waals surface area (Å²) in [5.74, 6) is 0.428. The Hall–Kier alpha value is -0.670. The van der Waals surface area contributed by atoms with Gasteiger partial charge in [-0.25, -0.2) is 0 Å². The van der Waals surface area contributed by atoms with Gasteiger partial charge in [-0.05, 0) is 37.3 Å². The summed E-state index contributed by atoms with van der Waals surface area (Å²) in [5, 5.41) is 0. The minimum atomic E-state index is -0.334. The molecule has 1 aliphatic heterocycles. The Labute approximate surface area is 102 Å². The van der Waals surface area contributed by atoms with Crippen molar-refractivity contribution in [3.8, 4) is 0 Å². The van der Waals surface area contributed by atoms with E-state index in [0.29, 0.717) is 5.78 Å². The van der Waals surface area contributed by atoms with Crippen LogP contribution in [0.15, 0.2) is 11.6 Å². The quantitative estimate of drug-likeness (QED) is 0.656. The van der Waals surface area contributed by atoms with Crippen molar-refractivity contribution in [3.05, 3.63) is 11.6 Å². The van der Waals surface area contributed by atoms with Crippen molar-refractivity contribution >= 4 is 5.78 Å². The van der Waals surface area contributed by atoms with Gasteiger partial charge < -0.3 is 9.47 Å². The molecule has 0 saturated heterocycles. The zero-order valence-electron chi connectivity index (χ0n) is 10.8. The van der Waals surface area contributed by atoms with Gasteiger partial charge in [0.1, 0.15) is 11.4 Å². The Morgan fingerprint density at radius 3 is 2.94 bits per heavy atom. The van der Waals surface area contributed by atoms with Gasteiger partial charge in [0.25, 0.3) is 0 Å². The summed E-state index contributed by atoms with van der Waals surface area (Å²) in [4.78, 5) is 12.4. The Balaban J connectivity index is 2.03. The number of carbonyl (C=O) groups excluding carboxylic acids is 1. The van der Waals surface area contributed by atoms with Crippen molar-refractivity contribution in [1.29, 1.82) is 0 Å². The third-order valence-electron chi connectivity index (χ3n) is 4.63. The summed E-state index contributed by atoms with van der Waals surface area (Å²) in [6.45, 7) is 4.09. The highest BCUT2D eigenvalue weighted by molar-refractivity contribution is 5.91. The largest absolute Gasteiger partial charge is 0.352 e. The number of hydrogen-bond acceptors (Lipinski definition) is 3. The van der Waals surface area contributed by atoms with E-state index in [-0.39, 0.29) is 23.2 Å². The average molecular weight is 236 g/mol. The van der Waals surface area contributed by atoms with Gasteiger partial charge in [-0.2, -0.15) is 0 Å². The van der Waals surface area contributed by atoms with Gasteiger partial charge in [0, 0.05) is 12.5 Å². The van der Waals surface area contributed by atoms with Crippen molar-refractivity contribution in [2.75, 3.05) is 7.11 Å². The monoisotopic (exact) mass is 236 g/mol. The summed E-state index contributed by atoms with van der Waals surface area (Å²) >= 11 is 0. The Morgan fingerprint density at radius 1 is 1.47 bits per heavy atom. The third-order valence-corrected chi connectivity index (χ3v) is 4.63. The van der Waals surface area contributed by atoms with Gasteiger partial charge in [-0.15, -0.1) is 0 Å². The molecule has 3 rings (SSSR count). The lowest BCUT2D eigenvalue weighted by Crippen LogP contribution is -2.41. The van der Waals surface area contributed by atoms with Crippen molar-refractivity contribution in [3.63, 3.8) is 0 Å². The van der Waals surface area contributed by atoms with Gasteiger partial charge in [-0.3, -0.25) is 4.79 Å². The summed E-state index contributed by atoms with van der Waals surface area (Å²) in [7, 11) is 1.66. The predicted octanol–water partition coefficient (Wildman–Crippen LogP) is 2.45. The lowest BCUT2D eigenvalue weighted by Gasteiger charge is -2.37. The number of methoxy groups -OCH3 is 1. The highest BCUT2D eigenvalue weighted by atomic mass is 16.7. The van der Waals surface area contributed by atoms with E-state index in [9.17, 15) is 4.79 Å². The van der Waals surface area contributed by atoms with Crippen molar-refractivity contribution < 1.29 is 14.3 Å². The lowest BCUT2D eigenvalue weighted by atomic mass is 9.74. The third kappa shape index (κ3) is 1.39. The van der Waals surface area contributed by atoms with Crippen LogP contribution >= 0.6 is 0 Å². The van der Waals surface area contributed by atoms with Crippen LogP contribution < -0.4 is 0 Å². The fraction of sp³-hybridized carbons (Fsp3) is 0.786. The van der Waals surface area contributed by atoms with Crippen LogP contribution in [0.5, 0.6) is 0 Å². The minimum Gasteiger partial charge on any atom is -0.352 e. The molecule has 0 radical (unpaired) electrons. The first-order chi connectivity index (χ1) is 7.99. The van der Waals surface area contributed by atoms with Crippen molar-refractivity contribution in [1.82, 2.24) is 0 Å². The maximum Gasteiger partial charge on any atom is 0.178 e. The molecule has 0 aromatic carbocycles. The molecule has 2 aliphatic carbocycles. The number of ether oxygens (including phenoxy) is 2. The molecule has 3 heteroatoms. The van der Waals surface area contributed by atoms with Crippen LogP contribution in [0.25, 0.3) is 0 Å². The van der Waals surface area contributed by atoms with Gasteiger partial charge >= 0.3 is 0 Å². The molecule has 17 heavy (non-hydrogen) atoms. The van der Waals surface area contributed by atoms with Crippen LogP contribution in [0.1, 0.15) is 39.5 Å². The van der Waals surface area contributed by atoms with E-state index < -0.39 is 0 Å². The second-order valence-electron chi connectivity index (χ2n) is 6.17. The molecule has 1 spiro atoms. The van der Waals surface area contributed by atoms with E-state index in [0.717, 1.165) is 25.7 Å². The van der Waals surface area contributed by atoms with Crippen LogP contribution in [0.2, 0.25) is 0 Å². The topological polar surface area (TPSA) is 35.5 Å². The molecule has 3 aliphatic rings. The highest BCUT2D eigenvalue weighted by Crippen LogP contribution is 2.58. The zero-order valence-corrected chi connectivity index (χ0v) is 10.8. The number of Topliss-reactive ketones (excluding diaryl/α,β-unsaturated/α-hetero) is 1. The van der Waals surface area contributed by atoms with Crippen molar-refractivity contribution in [2.24, 2.45) is 11.3 Å². The Bertz CT molecular complexity index is 396.